The molecule has 0 aliphatic carbocycles. The lowest BCUT2D eigenvalue weighted by Crippen LogP contribution is -2.05. The van der Waals surface area contributed by atoms with Gasteiger partial charge in [0.05, 0.1) is 19.9 Å². The molecule has 0 aliphatic heterocycles. The van der Waals surface area contributed by atoms with Crippen LogP contribution in [-0.2, 0) is 0 Å². The maximum atomic E-state index is 5.37. The summed E-state index contributed by atoms with van der Waals surface area (Å²) in [7, 11) is 3.24. The number of aryl methyl sites for hydroxylation is 1. The minimum absolute atomic E-state index is 0.604. The van der Waals surface area contributed by atoms with Crippen molar-refractivity contribution in [3.8, 4) is 11.5 Å². The van der Waals surface area contributed by atoms with Crippen LogP contribution in [0.5, 0.6) is 11.5 Å². The number of methoxy groups -OCH3 is 2. The molecule has 0 bridgehead atoms. The SMILES string of the molecule is CCNc1nc(C)cc(Nc2ccc(OC)cc2OC)n1. The van der Waals surface area contributed by atoms with Crippen LogP contribution in [0.25, 0.3) is 0 Å². The first-order valence-corrected chi connectivity index (χ1v) is 6.75. The summed E-state index contributed by atoms with van der Waals surface area (Å²) in [6.07, 6.45) is 0. The molecule has 6 nitrogen and oxygen atoms in total. The number of benzene rings is 1. The fourth-order valence-electron chi connectivity index (χ4n) is 1.91. The van der Waals surface area contributed by atoms with Crippen molar-refractivity contribution < 1.29 is 9.47 Å². The van der Waals surface area contributed by atoms with Crippen molar-refractivity contribution in [1.29, 1.82) is 0 Å². The van der Waals surface area contributed by atoms with E-state index in [0.717, 1.165) is 23.7 Å². The van der Waals surface area contributed by atoms with Gasteiger partial charge in [-0.3, -0.25) is 0 Å². The van der Waals surface area contributed by atoms with Gasteiger partial charge in [-0.2, -0.15) is 4.98 Å². The molecule has 0 aliphatic rings. The molecule has 2 N–H and O–H groups in total. The van der Waals surface area contributed by atoms with Crippen LogP contribution in [0, 0.1) is 6.92 Å². The molecule has 1 heterocycles. The highest BCUT2D eigenvalue weighted by Crippen LogP contribution is 2.31. The fourth-order valence-corrected chi connectivity index (χ4v) is 1.91. The van der Waals surface area contributed by atoms with Crippen LogP contribution < -0.4 is 20.1 Å². The summed E-state index contributed by atoms with van der Waals surface area (Å²) in [5.41, 5.74) is 1.70. The van der Waals surface area contributed by atoms with Gasteiger partial charge in [-0.25, -0.2) is 4.98 Å². The van der Waals surface area contributed by atoms with Crippen LogP contribution >= 0.6 is 0 Å². The minimum Gasteiger partial charge on any atom is -0.497 e. The Morgan fingerprint density at radius 1 is 1.10 bits per heavy atom. The Balaban J connectivity index is 2.29. The van der Waals surface area contributed by atoms with E-state index in [9.17, 15) is 0 Å². The van der Waals surface area contributed by atoms with E-state index in [1.54, 1.807) is 14.2 Å². The van der Waals surface area contributed by atoms with Gasteiger partial charge in [0.2, 0.25) is 5.95 Å². The zero-order valence-electron chi connectivity index (χ0n) is 12.7. The maximum Gasteiger partial charge on any atom is 0.224 e. The number of hydrogen-bond acceptors (Lipinski definition) is 6. The Hall–Kier alpha value is -2.50. The Labute approximate surface area is 124 Å². The molecule has 2 rings (SSSR count). The number of hydrogen-bond donors (Lipinski definition) is 2. The Morgan fingerprint density at radius 2 is 1.90 bits per heavy atom. The number of ether oxygens (including phenoxy) is 2. The standard InChI is InChI=1S/C15H20N4O2/c1-5-16-15-17-10(2)8-14(19-15)18-12-7-6-11(20-3)9-13(12)21-4/h6-9H,5H2,1-4H3,(H2,16,17,18,19). The summed E-state index contributed by atoms with van der Waals surface area (Å²) in [6, 6.07) is 7.46. The van der Waals surface area contributed by atoms with E-state index in [0.29, 0.717) is 17.5 Å². The van der Waals surface area contributed by atoms with Crippen LogP contribution in [0.3, 0.4) is 0 Å². The summed E-state index contributed by atoms with van der Waals surface area (Å²) in [6.45, 7) is 4.71. The first-order chi connectivity index (χ1) is 10.2. The number of anilines is 3. The van der Waals surface area contributed by atoms with Crippen LogP contribution in [0.2, 0.25) is 0 Å². The smallest absolute Gasteiger partial charge is 0.224 e. The monoisotopic (exact) mass is 288 g/mol. The van der Waals surface area contributed by atoms with Crippen molar-refractivity contribution in [3.05, 3.63) is 30.0 Å². The van der Waals surface area contributed by atoms with Crippen molar-refractivity contribution in [3.63, 3.8) is 0 Å². The van der Waals surface area contributed by atoms with E-state index in [2.05, 4.69) is 20.6 Å². The summed E-state index contributed by atoms with van der Waals surface area (Å²) >= 11 is 0. The van der Waals surface area contributed by atoms with E-state index < -0.39 is 0 Å². The average Bonchev–Trinajstić information content (AvgIpc) is 2.47. The summed E-state index contributed by atoms with van der Waals surface area (Å²) in [5.74, 6) is 2.75. The van der Waals surface area contributed by atoms with Crippen LogP contribution in [-0.4, -0.2) is 30.7 Å². The first-order valence-electron chi connectivity index (χ1n) is 6.75. The van der Waals surface area contributed by atoms with Gasteiger partial charge in [0.15, 0.2) is 0 Å². The third kappa shape index (κ3) is 3.75. The first kappa shape index (κ1) is 14.9. The molecule has 0 radical (unpaired) electrons. The second-order valence-corrected chi connectivity index (χ2v) is 4.44. The summed E-state index contributed by atoms with van der Waals surface area (Å²) in [5, 5.41) is 6.35. The van der Waals surface area contributed by atoms with Gasteiger partial charge in [-0.15, -0.1) is 0 Å². The lowest BCUT2D eigenvalue weighted by Gasteiger charge is -2.13. The zero-order valence-corrected chi connectivity index (χ0v) is 12.7. The molecule has 0 spiro atoms. The molecule has 0 saturated heterocycles. The second-order valence-electron chi connectivity index (χ2n) is 4.44. The number of nitrogens with zero attached hydrogens (tertiary/aromatic N) is 2. The zero-order chi connectivity index (χ0) is 15.2. The van der Waals surface area contributed by atoms with Gasteiger partial charge in [0.25, 0.3) is 0 Å². The predicted octanol–water partition coefficient (Wildman–Crippen LogP) is 2.98. The van der Waals surface area contributed by atoms with E-state index in [1.807, 2.05) is 38.1 Å². The molecule has 6 heteroatoms. The second kappa shape index (κ2) is 6.78. The Kier molecular flexibility index (Phi) is 4.81. The lowest BCUT2D eigenvalue weighted by atomic mass is 10.2. The van der Waals surface area contributed by atoms with E-state index in [4.69, 9.17) is 9.47 Å². The maximum absolute atomic E-state index is 5.37. The molecular formula is C15H20N4O2. The predicted molar refractivity (Wildman–Crippen MR) is 83.8 cm³/mol. The Morgan fingerprint density at radius 3 is 2.57 bits per heavy atom. The molecule has 0 fully saturated rings. The van der Waals surface area contributed by atoms with Crippen LogP contribution in [0.4, 0.5) is 17.5 Å². The molecule has 1 aromatic carbocycles. The minimum atomic E-state index is 0.604. The topological polar surface area (TPSA) is 68.3 Å². The average molecular weight is 288 g/mol. The third-order valence-electron chi connectivity index (χ3n) is 2.86. The molecule has 112 valence electrons. The fraction of sp³-hybridized carbons (Fsp3) is 0.333. The van der Waals surface area contributed by atoms with Crippen molar-refractivity contribution >= 4 is 17.5 Å². The molecule has 0 amide bonds. The summed E-state index contributed by atoms with van der Waals surface area (Å²) in [4.78, 5) is 8.74. The van der Waals surface area contributed by atoms with Gasteiger partial charge in [-0.1, -0.05) is 0 Å². The third-order valence-corrected chi connectivity index (χ3v) is 2.86. The van der Waals surface area contributed by atoms with Crippen LogP contribution in [0.15, 0.2) is 24.3 Å². The van der Waals surface area contributed by atoms with Crippen molar-refractivity contribution in [2.24, 2.45) is 0 Å². The van der Waals surface area contributed by atoms with Gasteiger partial charge in [-0.05, 0) is 26.0 Å². The van der Waals surface area contributed by atoms with Crippen molar-refractivity contribution in [2.45, 2.75) is 13.8 Å². The van der Waals surface area contributed by atoms with Crippen LogP contribution in [0.1, 0.15) is 12.6 Å². The molecule has 0 atom stereocenters. The molecule has 0 unspecified atom stereocenters. The van der Waals surface area contributed by atoms with E-state index >= 15 is 0 Å². The van der Waals surface area contributed by atoms with Gasteiger partial charge >= 0.3 is 0 Å². The highest BCUT2D eigenvalue weighted by Gasteiger charge is 2.07. The quantitative estimate of drug-likeness (QED) is 0.851. The molecule has 2 aromatic rings. The van der Waals surface area contributed by atoms with Crippen molar-refractivity contribution in [1.82, 2.24) is 9.97 Å². The summed E-state index contributed by atoms with van der Waals surface area (Å²) < 4.78 is 10.6. The Bertz CT molecular complexity index is 617. The number of rotatable bonds is 6. The highest BCUT2D eigenvalue weighted by atomic mass is 16.5. The van der Waals surface area contributed by atoms with Gasteiger partial charge in [0, 0.05) is 24.4 Å². The number of nitrogens with one attached hydrogen (secondary N) is 2. The van der Waals surface area contributed by atoms with Gasteiger partial charge < -0.3 is 20.1 Å². The van der Waals surface area contributed by atoms with E-state index in [-0.39, 0.29) is 0 Å². The molecular weight excluding hydrogens is 268 g/mol. The normalized spacial score (nSPS) is 10.1. The van der Waals surface area contributed by atoms with Gasteiger partial charge in [0.1, 0.15) is 17.3 Å². The molecule has 1 aromatic heterocycles. The lowest BCUT2D eigenvalue weighted by molar-refractivity contribution is 0.395. The number of aromatic nitrogens is 2. The largest absolute Gasteiger partial charge is 0.497 e. The molecule has 21 heavy (non-hydrogen) atoms. The highest BCUT2D eigenvalue weighted by molar-refractivity contribution is 5.66. The van der Waals surface area contributed by atoms with Crippen molar-refractivity contribution in [2.75, 3.05) is 31.4 Å². The van der Waals surface area contributed by atoms with E-state index in [1.165, 1.54) is 0 Å². The molecule has 0 saturated carbocycles.